The maximum atomic E-state index is 4.47. The van der Waals surface area contributed by atoms with Gasteiger partial charge in [-0.2, -0.15) is 0 Å². The van der Waals surface area contributed by atoms with Gasteiger partial charge in [-0.05, 0) is 20.3 Å². The minimum Gasteiger partial charge on any atom is -0.356 e. The van der Waals surface area contributed by atoms with E-state index in [4.69, 9.17) is 0 Å². The summed E-state index contributed by atoms with van der Waals surface area (Å²) in [6.07, 6.45) is 4.03. The Bertz CT molecular complexity index is 522. The molecular formula is C16H29IN4S. The number of guanidine groups is 1. The third-order valence-electron chi connectivity index (χ3n) is 4.92. The average Bonchev–Trinajstić information content (AvgIpc) is 2.89. The van der Waals surface area contributed by atoms with E-state index < -0.39 is 0 Å². The van der Waals surface area contributed by atoms with Gasteiger partial charge in [0.05, 0.1) is 5.01 Å². The molecule has 0 aromatic carbocycles. The van der Waals surface area contributed by atoms with Crippen LogP contribution in [0.15, 0.2) is 11.2 Å². The van der Waals surface area contributed by atoms with Gasteiger partial charge in [-0.25, -0.2) is 4.98 Å². The van der Waals surface area contributed by atoms with E-state index in [2.05, 4.69) is 54.8 Å². The van der Waals surface area contributed by atoms with Gasteiger partial charge in [0, 0.05) is 48.6 Å². The van der Waals surface area contributed by atoms with Gasteiger partial charge in [-0.15, -0.1) is 35.3 Å². The number of nitrogens with one attached hydrogen (secondary N) is 1. The van der Waals surface area contributed by atoms with Crippen LogP contribution in [0.4, 0.5) is 0 Å². The Morgan fingerprint density at radius 2 is 2.09 bits per heavy atom. The molecule has 1 fully saturated rings. The molecule has 2 rings (SSSR count). The van der Waals surface area contributed by atoms with Crippen LogP contribution < -0.4 is 5.32 Å². The van der Waals surface area contributed by atoms with E-state index in [0.717, 1.165) is 31.9 Å². The SMILES string of the molecule is CCc1cnc(CCNC(=NC)N2CC(C)(C)C2(C)C)s1.I. The molecule has 1 N–H and O–H groups in total. The normalized spacial score (nSPS) is 19.4. The number of hydrogen-bond donors (Lipinski definition) is 1. The number of likely N-dealkylation sites (tertiary alicyclic amines) is 1. The lowest BCUT2D eigenvalue weighted by atomic mass is 9.65. The van der Waals surface area contributed by atoms with Crippen molar-refractivity contribution >= 4 is 41.3 Å². The number of aliphatic imine (C=N–C) groups is 1. The molecule has 2 heterocycles. The molecular weight excluding hydrogens is 407 g/mol. The molecule has 0 unspecified atom stereocenters. The summed E-state index contributed by atoms with van der Waals surface area (Å²) in [6, 6.07) is 0. The molecule has 126 valence electrons. The first-order chi connectivity index (χ1) is 9.81. The van der Waals surface area contributed by atoms with E-state index in [-0.39, 0.29) is 29.5 Å². The molecule has 0 atom stereocenters. The summed E-state index contributed by atoms with van der Waals surface area (Å²) in [7, 11) is 1.86. The summed E-state index contributed by atoms with van der Waals surface area (Å²) < 4.78 is 0. The lowest BCUT2D eigenvalue weighted by molar-refractivity contribution is -0.0666. The van der Waals surface area contributed by atoms with Crippen molar-refractivity contribution in [2.75, 3.05) is 20.1 Å². The van der Waals surface area contributed by atoms with Crippen LogP contribution in [-0.4, -0.2) is 41.5 Å². The first-order valence-corrected chi connectivity index (χ1v) is 8.55. The number of halogens is 1. The van der Waals surface area contributed by atoms with E-state index in [1.165, 1.54) is 9.88 Å². The van der Waals surface area contributed by atoms with Gasteiger partial charge < -0.3 is 10.2 Å². The highest BCUT2D eigenvalue weighted by Gasteiger charge is 2.53. The second kappa shape index (κ2) is 7.47. The molecule has 22 heavy (non-hydrogen) atoms. The number of hydrogen-bond acceptors (Lipinski definition) is 3. The van der Waals surface area contributed by atoms with Crippen molar-refractivity contribution in [3.8, 4) is 0 Å². The number of aryl methyl sites for hydroxylation is 1. The number of rotatable bonds is 4. The Labute approximate surface area is 155 Å². The lowest BCUT2D eigenvalue weighted by Gasteiger charge is -2.62. The zero-order chi connectivity index (χ0) is 15.7. The summed E-state index contributed by atoms with van der Waals surface area (Å²) in [5, 5.41) is 4.69. The first kappa shape index (κ1) is 19.7. The van der Waals surface area contributed by atoms with Crippen LogP contribution in [0.25, 0.3) is 0 Å². The van der Waals surface area contributed by atoms with Crippen LogP contribution in [0.5, 0.6) is 0 Å². The van der Waals surface area contributed by atoms with Gasteiger partial charge in [0.1, 0.15) is 0 Å². The van der Waals surface area contributed by atoms with Crippen molar-refractivity contribution in [1.29, 1.82) is 0 Å². The Hall–Kier alpha value is -0.370. The fourth-order valence-electron chi connectivity index (χ4n) is 2.60. The van der Waals surface area contributed by atoms with Crippen LogP contribution in [0.1, 0.15) is 44.5 Å². The van der Waals surface area contributed by atoms with Gasteiger partial charge in [-0.1, -0.05) is 20.8 Å². The molecule has 0 spiro atoms. The van der Waals surface area contributed by atoms with Crippen molar-refractivity contribution in [1.82, 2.24) is 15.2 Å². The van der Waals surface area contributed by atoms with Crippen LogP contribution in [0, 0.1) is 5.41 Å². The monoisotopic (exact) mass is 436 g/mol. The number of aromatic nitrogens is 1. The Morgan fingerprint density at radius 3 is 2.55 bits per heavy atom. The van der Waals surface area contributed by atoms with Crippen LogP contribution >= 0.6 is 35.3 Å². The Kier molecular flexibility index (Phi) is 6.68. The van der Waals surface area contributed by atoms with Gasteiger partial charge in [0.25, 0.3) is 0 Å². The van der Waals surface area contributed by atoms with Gasteiger partial charge in [0.15, 0.2) is 5.96 Å². The Morgan fingerprint density at radius 1 is 1.41 bits per heavy atom. The molecule has 1 saturated heterocycles. The minimum absolute atomic E-state index is 0. The molecule has 1 aliphatic rings. The third-order valence-corrected chi connectivity index (χ3v) is 6.13. The average molecular weight is 436 g/mol. The van der Waals surface area contributed by atoms with Gasteiger partial charge >= 0.3 is 0 Å². The highest BCUT2D eigenvalue weighted by Crippen LogP contribution is 2.46. The topological polar surface area (TPSA) is 40.5 Å². The van der Waals surface area contributed by atoms with Gasteiger partial charge in [0.2, 0.25) is 0 Å². The van der Waals surface area contributed by atoms with Crippen molar-refractivity contribution in [2.24, 2.45) is 10.4 Å². The van der Waals surface area contributed by atoms with Crippen LogP contribution in [0.3, 0.4) is 0 Å². The predicted octanol–water partition coefficient (Wildman–Crippen LogP) is 3.56. The summed E-state index contributed by atoms with van der Waals surface area (Å²) in [4.78, 5) is 12.6. The maximum absolute atomic E-state index is 4.47. The highest BCUT2D eigenvalue weighted by atomic mass is 127. The number of nitrogens with zero attached hydrogens (tertiary/aromatic N) is 3. The summed E-state index contributed by atoms with van der Waals surface area (Å²) in [6.45, 7) is 13.3. The summed E-state index contributed by atoms with van der Waals surface area (Å²) in [5.74, 6) is 1.01. The first-order valence-electron chi connectivity index (χ1n) is 7.73. The molecule has 1 aromatic rings. The fraction of sp³-hybridized carbons (Fsp3) is 0.750. The summed E-state index contributed by atoms with van der Waals surface area (Å²) >= 11 is 1.82. The number of thiazole rings is 1. The zero-order valence-electron chi connectivity index (χ0n) is 14.6. The molecule has 0 aliphatic carbocycles. The molecule has 0 amide bonds. The lowest BCUT2D eigenvalue weighted by Crippen LogP contribution is -2.72. The quantitative estimate of drug-likeness (QED) is 0.446. The highest BCUT2D eigenvalue weighted by molar-refractivity contribution is 14.0. The van der Waals surface area contributed by atoms with E-state index >= 15 is 0 Å². The van der Waals surface area contributed by atoms with Crippen molar-refractivity contribution in [3.05, 3.63) is 16.1 Å². The van der Waals surface area contributed by atoms with Crippen molar-refractivity contribution in [2.45, 2.75) is 53.0 Å². The van der Waals surface area contributed by atoms with Crippen molar-refractivity contribution < 1.29 is 0 Å². The zero-order valence-corrected chi connectivity index (χ0v) is 17.7. The van der Waals surface area contributed by atoms with E-state index in [0.29, 0.717) is 5.41 Å². The predicted molar refractivity (Wildman–Crippen MR) is 107 cm³/mol. The third kappa shape index (κ3) is 3.75. The molecule has 0 saturated carbocycles. The standard InChI is InChI=1S/C16H28N4S.HI/c1-7-12-10-19-13(21-12)8-9-18-14(17-6)20-11-15(2,3)16(20,4)5;/h10H,7-9,11H2,1-6H3,(H,17,18);1H. The smallest absolute Gasteiger partial charge is 0.194 e. The molecule has 0 bridgehead atoms. The van der Waals surface area contributed by atoms with E-state index in [9.17, 15) is 0 Å². The molecule has 1 aliphatic heterocycles. The second-order valence-corrected chi connectivity index (χ2v) is 8.03. The molecule has 4 nitrogen and oxygen atoms in total. The second-order valence-electron chi connectivity index (χ2n) is 6.83. The van der Waals surface area contributed by atoms with Gasteiger partial charge in [-0.3, -0.25) is 4.99 Å². The summed E-state index contributed by atoms with van der Waals surface area (Å²) in [5.41, 5.74) is 0.474. The fourth-order valence-corrected chi connectivity index (χ4v) is 3.47. The molecule has 6 heteroatoms. The molecule has 0 radical (unpaired) electrons. The largest absolute Gasteiger partial charge is 0.356 e. The van der Waals surface area contributed by atoms with Crippen molar-refractivity contribution in [3.63, 3.8) is 0 Å². The van der Waals surface area contributed by atoms with E-state index in [1.54, 1.807) is 0 Å². The van der Waals surface area contributed by atoms with Crippen LogP contribution in [0.2, 0.25) is 0 Å². The maximum Gasteiger partial charge on any atom is 0.194 e. The molecule has 1 aromatic heterocycles. The van der Waals surface area contributed by atoms with Crippen LogP contribution in [-0.2, 0) is 12.8 Å². The minimum atomic E-state index is 0. The van der Waals surface area contributed by atoms with E-state index in [1.807, 2.05) is 24.6 Å². The Balaban J connectivity index is 0.00000242.